The molecule has 0 radical (unpaired) electrons. The van der Waals surface area contributed by atoms with Crippen LogP contribution in [0.4, 0.5) is 4.39 Å². The molecule has 94 valence electrons. The first-order chi connectivity index (χ1) is 9.02. The summed E-state index contributed by atoms with van der Waals surface area (Å²) in [6, 6.07) is 9.74. The molecular weight excluding hydrogens is 269 g/mol. The van der Waals surface area contributed by atoms with E-state index in [1.807, 2.05) is 6.07 Å². The number of carbonyl (C=O) groups is 1. The summed E-state index contributed by atoms with van der Waals surface area (Å²) in [6.07, 6.45) is 0. The third kappa shape index (κ3) is 2.56. The summed E-state index contributed by atoms with van der Waals surface area (Å²) in [4.78, 5) is 11.1. The van der Waals surface area contributed by atoms with Gasteiger partial charge >= 0.3 is 5.97 Å². The molecule has 5 heteroatoms. The van der Waals surface area contributed by atoms with Crippen LogP contribution in [0.25, 0.3) is 11.1 Å². The second-order valence-corrected chi connectivity index (χ2v) is 4.21. The highest BCUT2D eigenvalue weighted by Gasteiger charge is 2.13. The number of nitriles is 1. The van der Waals surface area contributed by atoms with E-state index in [0.29, 0.717) is 5.56 Å². The smallest absolute Gasteiger partial charge is 0.336 e. The first-order valence-electron chi connectivity index (χ1n) is 5.26. The van der Waals surface area contributed by atoms with Gasteiger partial charge in [0.15, 0.2) is 0 Å². The molecule has 0 heterocycles. The van der Waals surface area contributed by atoms with E-state index < -0.39 is 11.8 Å². The van der Waals surface area contributed by atoms with E-state index in [1.54, 1.807) is 6.07 Å². The maximum atomic E-state index is 13.3. The average molecular weight is 276 g/mol. The van der Waals surface area contributed by atoms with Crippen molar-refractivity contribution in [2.24, 2.45) is 0 Å². The maximum absolute atomic E-state index is 13.3. The van der Waals surface area contributed by atoms with Crippen molar-refractivity contribution in [3.63, 3.8) is 0 Å². The molecule has 0 aliphatic heterocycles. The fourth-order valence-electron chi connectivity index (χ4n) is 1.72. The third-order valence-corrected chi connectivity index (χ3v) is 2.94. The van der Waals surface area contributed by atoms with Gasteiger partial charge in [0.2, 0.25) is 0 Å². The van der Waals surface area contributed by atoms with Crippen molar-refractivity contribution >= 4 is 17.6 Å². The zero-order chi connectivity index (χ0) is 14.0. The number of hydrogen-bond donors (Lipinski definition) is 1. The van der Waals surface area contributed by atoms with Crippen LogP contribution in [0.15, 0.2) is 36.4 Å². The molecule has 0 atom stereocenters. The van der Waals surface area contributed by atoms with Gasteiger partial charge in [0.25, 0.3) is 0 Å². The SMILES string of the molecule is N#Cc1cc(-c2cc(F)ccc2C(=O)O)ccc1Cl. The Hall–Kier alpha value is -2.38. The van der Waals surface area contributed by atoms with Crippen LogP contribution in [0.3, 0.4) is 0 Å². The number of aromatic carboxylic acids is 1. The molecule has 2 aromatic rings. The molecule has 0 aromatic heterocycles. The van der Waals surface area contributed by atoms with Gasteiger partial charge in [0.1, 0.15) is 11.9 Å². The summed E-state index contributed by atoms with van der Waals surface area (Å²) in [5.41, 5.74) is 0.811. The quantitative estimate of drug-likeness (QED) is 0.909. The first-order valence-corrected chi connectivity index (χ1v) is 5.63. The Bertz CT molecular complexity index is 707. The van der Waals surface area contributed by atoms with Crippen molar-refractivity contribution in [1.82, 2.24) is 0 Å². The maximum Gasteiger partial charge on any atom is 0.336 e. The summed E-state index contributed by atoms with van der Waals surface area (Å²) in [5, 5.41) is 18.2. The monoisotopic (exact) mass is 275 g/mol. The zero-order valence-corrected chi connectivity index (χ0v) is 10.3. The van der Waals surface area contributed by atoms with Crippen molar-refractivity contribution in [2.75, 3.05) is 0 Å². The molecule has 0 aliphatic rings. The summed E-state index contributed by atoms with van der Waals surface area (Å²) in [5.74, 6) is -1.71. The molecule has 0 saturated heterocycles. The first kappa shape index (κ1) is 13.1. The summed E-state index contributed by atoms with van der Waals surface area (Å²) in [6.45, 7) is 0. The molecule has 0 unspecified atom stereocenters. The molecule has 0 spiro atoms. The van der Waals surface area contributed by atoms with Crippen LogP contribution in [0.2, 0.25) is 5.02 Å². The van der Waals surface area contributed by atoms with Gasteiger partial charge < -0.3 is 5.11 Å². The van der Waals surface area contributed by atoms with E-state index in [2.05, 4.69) is 0 Å². The fourth-order valence-corrected chi connectivity index (χ4v) is 1.88. The predicted octanol–water partition coefficient (Wildman–Crippen LogP) is 3.72. The van der Waals surface area contributed by atoms with Crippen molar-refractivity contribution in [1.29, 1.82) is 5.26 Å². The van der Waals surface area contributed by atoms with E-state index >= 15 is 0 Å². The highest BCUT2D eigenvalue weighted by Crippen LogP contribution is 2.28. The topological polar surface area (TPSA) is 61.1 Å². The van der Waals surface area contributed by atoms with Crippen LogP contribution in [-0.2, 0) is 0 Å². The summed E-state index contributed by atoms with van der Waals surface area (Å²) in [7, 11) is 0. The number of halogens is 2. The number of carboxylic acid groups (broad SMARTS) is 1. The van der Waals surface area contributed by atoms with E-state index in [0.717, 1.165) is 12.1 Å². The highest BCUT2D eigenvalue weighted by molar-refractivity contribution is 6.31. The predicted molar refractivity (Wildman–Crippen MR) is 68.5 cm³/mol. The lowest BCUT2D eigenvalue weighted by atomic mass is 9.98. The van der Waals surface area contributed by atoms with Gasteiger partial charge in [-0.25, -0.2) is 9.18 Å². The molecule has 1 N–H and O–H groups in total. The van der Waals surface area contributed by atoms with Crippen molar-refractivity contribution in [3.8, 4) is 17.2 Å². The van der Waals surface area contributed by atoms with Crippen molar-refractivity contribution < 1.29 is 14.3 Å². The van der Waals surface area contributed by atoms with Crippen LogP contribution in [0.1, 0.15) is 15.9 Å². The normalized spacial score (nSPS) is 9.95. The molecule has 0 amide bonds. The minimum Gasteiger partial charge on any atom is -0.478 e. The van der Waals surface area contributed by atoms with E-state index in [9.17, 15) is 9.18 Å². The Morgan fingerprint density at radius 3 is 2.63 bits per heavy atom. The Kier molecular flexibility index (Phi) is 3.50. The Morgan fingerprint density at radius 2 is 2.00 bits per heavy atom. The lowest BCUT2D eigenvalue weighted by Crippen LogP contribution is -2.00. The largest absolute Gasteiger partial charge is 0.478 e. The zero-order valence-electron chi connectivity index (χ0n) is 9.52. The summed E-state index contributed by atoms with van der Waals surface area (Å²) < 4.78 is 13.3. The average Bonchev–Trinajstić information content (AvgIpc) is 2.38. The third-order valence-electron chi connectivity index (χ3n) is 2.61. The molecule has 0 saturated carbocycles. The van der Waals surface area contributed by atoms with Gasteiger partial charge in [0, 0.05) is 0 Å². The summed E-state index contributed by atoms with van der Waals surface area (Å²) >= 11 is 5.80. The standard InChI is InChI=1S/C14H7ClFNO2/c15-13-4-1-8(5-9(13)7-17)12-6-10(16)2-3-11(12)14(18)19/h1-6H,(H,18,19). The van der Waals surface area contributed by atoms with Crippen molar-refractivity contribution in [3.05, 3.63) is 58.4 Å². The second-order valence-electron chi connectivity index (χ2n) is 3.80. The number of rotatable bonds is 2. The minimum absolute atomic E-state index is 0.0346. The Labute approximate surface area is 113 Å². The van der Waals surface area contributed by atoms with Crippen LogP contribution >= 0.6 is 11.6 Å². The second kappa shape index (κ2) is 5.09. The highest BCUT2D eigenvalue weighted by atomic mass is 35.5. The molecule has 2 rings (SSSR count). The molecule has 2 aromatic carbocycles. The van der Waals surface area contributed by atoms with Crippen LogP contribution in [0, 0.1) is 17.1 Å². The number of benzene rings is 2. The van der Waals surface area contributed by atoms with Crippen LogP contribution in [0.5, 0.6) is 0 Å². The van der Waals surface area contributed by atoms with E-state index in [-0.39, 0.29) is 21.7 Å². The Balaban J connectivity index is 2.68. The van der Waals surface area contributed by atoms with Gasteiger partial charge in [-0.3, -0.25) is 0 Å². The van der Waals surface area contributed by atoms with Crippen molar-refractivity contribution in [2.45, 2.75) is 0 Å². The fraction of sp³-hybridized carbons (Fsp3) is 0. The lowest BCUT2D eigenvalue weighted by molar-refractivity contribution is 0.0697. The Morgan fingerprint density at radius 1 is 1.26 bits per heavy atom. The molecule has 19 heavy (non-hydrogen) atoms. The van der Waals surface area contributed by atoms with Gasteiger partial charge in [-0.05, 0) is 41.5 Å². The van der Waals surface area contributed by atoms with E-state index in [4.69, 9.17) is 22.0 Å². The number of hydrogen-bond acceptors (Lipinski definition) is 2. The van der Waals surface area contributed by atoms with Gasteiger partial charge in [-0.1, -0.05) is 17.7 Å². The number of nitrogens with zero attached hydrogens (tertiary/aromatic N) is 1. The van der Waals surface area contributed by atoms with Crippen LogP contribution in [-0.4, -0.2) is 11.1 Å². The van der Waals surface area contributed by atoms with Crippen LogP contribution < -0.4 is 0 Å². The van der Waals surface area contributed by atoms with Gasteiger partial charge in [0.05, 0.1) is 16.1 Å². The minimum atomic E-state index is -1.16. The molecule has 0 bridgehead atoms. The lowest BCUT2D eigenvalue weighted by Gasteiger charge is -2.07. The van der Waals surface area contributed by atoms with E-state index in [1.165, 1.54) is 18.2 Å². The molecule has 0 aliphatic carbocycles. The molecular formula is C14H7ClFNO2. The molecule has 3 nitrogen and oxygen atoms in total. The van der Waals surface area contributed by atoms with Gasteiger partial charge in [-0.15, -0.1) is 0 Å². The van der Waals surface area contributed by atoms with Gasteiger partial charge in [-0.2, -0.15) is 5.26 Å². The number of carboxylic acids is 1. The molecule has 0 fully saturated rings.